The molecule has 0 saturated heterocycles. The molecule has 0 N–H and O–H groups in total. The average Bonchev–Trinajstić information content (AvgIpc) is 2.27. The van der Waals surface area contributed by atoms with Crippen LogP contribution in [-0.2, 0) is 9.84 Å². The number of rotatable bonds is 5. The Hall–Kier alpha value is -0.680. The zero-order chi connectivity index (χ0) is 13.1. The van der Waals surface area contributed by atoms with Gasteiger partial charge in [0.05, 0.1) is 5.25 Å². The normalized spacial score (nSPS) is 13.4. The first-order valence-corrected chi connectivity index (χ1v) is 7.88. The fraction of sp³-hybridized carbons (Fsp3) is 0.417. The maximum Gasteiger partial charge on any atom is 0.177 e. The van der Waals surface area contributed by atoms with Gasteiger partial charge in [-0.2, -0.15) is 0 Å². The van der Waals surface area contributed by atoms with E-state index in [2.05, 4.69) is 15.9 Å². The third-order valence-electron chi connectivity index (χ3n) is 2.67. The number of ketones is 1. The number of benzene rings is 1. The molecule has 0 spiro atoms. The molecule has 3 nitrogen and oxygen atoms in total. The summed E-state index contributed by atoms with van der Waals surface area (Å²) in [6, 6.07) is 6.76. The van der Waals surface area contributed by atoms with E-state index in [1.54, 1.807) is 38.1 Å². The molecule has 1 aromatic carbocycles. The van der Waals surface area contributed by atoms with Crippen molar-refractivity contribution in [2.75, 3.05) is 5.75 Å². The lowest BCUT2D eigenvalue weighted by Gasteiger charge is -2.09. The van der Waals surface area contributed by atoms with Crippen LogP contribution in [0.5, 0.6) is 0 Å². The molecule has 0 aliphatic rings. The monoisotopic (exact) mass is 318 g/mol. The zero-order valence-corrected chi connectivity index (χ0v) is 12.2. The topological polar surface area (TPSA) is 51.2 Å². The van der Waals surface area contributed by atoms with Gasteiger partial charge in [0.2, 0.25) is 0 Å². The molecule has 1 atom stereocenters. The number of hydrogen-bond acceptors (Lipinski definition) is 3. The van der Waals surface area contributed by atoms with E-state index in [0.717, 1.165) is 4.47 Å². The first kappa shape index (κ1) is 14.4. The van der Waals surface area contributed by atoms with Crippen LogP contribution in [0.2, 0.25) is 0 Å². The molecule has 1 unspecified atom stereocenters. The lowest BCUT2D eigenvalue weighted by Crippen LogP contribution is -2.25. The van der Waals surface area contributed by atoms with Crippen molar-refractivity contribution in [3.05, 3.63) is 34.3 Å². The van der Waals surface area contributed by atoms with E-state index >= 15 is 0 Å². The molecule has 0 radical (unpaired) electrons. The lowest BCUT2D eigenvalue weighted by atomic mass is 10.2. The van der Waals surface area contributed by atoms with Crippen molar-refractivity contribution in [1.29, 1.82) is 0 Å². The highest BCUT2D eigenvalue weighted by atomic mass is 79.9. The van der Waals surface area contributed by atoms with Crippen molar-refractivity contribution in [1.82, 2.24) is 0 Å². The lowest BCUT2D eigenvalue weighted by molar-refractivity contribution is 0.102. The van der Waals surface area contributed by atoms with Crippen molar-refractivity contribution in [2.24, 2.45) is 0 Å². The summed E-state index contributed by atoms with van der Waals surface area (Å²) in [5, 5.41) is -0.474. The summed E-state index contributed by atoms with van der Waals surface area (Å²) < 4.78 is 24.4. The molecule has 1 rings (SSSR count). The zero-order valence-electron chi connectivity index (χ0n) is 9.81. The highest BCUT2D eigenvalue weighted by molar-refractivity contribution is 9.10. The molecule has 0 fully saturated rings. The minimum Gasteiger partial charge on any atom is -0.293 e. The van der Waals surface area contributed by atoms with Gasteiger partial charge in [-0.05, 0) is 25.5 Å². The fourth-order valence-corrected chi connectivity index (χ4v) is 3.05. The average molecular weight is 319 g/mol. The van der Waals surface area contributed by atoms with Crippen LogP contribution in [0.1, 0.15) is 30.6 Å². The Balaban J connectivity index is 2.87. The van der Waals surface area contributed by atoms with E-state index < -0.39 is 20.8 Å². The van der Waals surface area contributed by atoms with Crippen molar-refractivity contribution in [2.45, 2.75) is 25.5 Å². The molecule has 1 aromatic rings. The number of carbonyl (C=O) groups is 1. The second-order valence-electron chi connectivity index (χ2n) is 3.96. The first-order valence-electron chi connectivity index (χ1n) is 5.37. The van der Waals surface area contributed by atoms with Crippen LogP contribution in [0.3, 0.4) is 0 Å². The molecule has 94 valence electrons. The van der Waals surface area contributed by atoms with Gasteiger partial charge >= 0.3 is 0 Å². The molecule has 0 heterocycles. The highest BCUT2D eigenvalue weighted by Crippen LogP contribution is 2.14. The van der Waals surface area contributed by atoms with Crippen LogP contribution in [-0.4, -0.2) is 25.2 Å². The summed E-state index contributed by atoms with van der Waals surface area (Å²) in [5.74, 6) is -0.773. The largest absolute Gasteiger partial charge is 0.293 e. The first-order chi connectivity index (χ1) is 7.86. The van der Waals surface area contributed by atoms with Crippen molar-refractivity contribution in [3.8, 4) is 0 Å². The molecule has 5 heteroatoms. The number of Topliss-reactive ketones (excluding diaryl/α,β-unsaturated/α-hetero) is 1. The molecule has 17 heavy (non-hydrogen) atoms. The van der Waals surface area contributed by atoms with Crippen LogP contribution >= 0.6 is 15.9 Å². The van der Waals surface area contributed by atoms with E-state index in [-0.39, 0.29) is 5.78 Å². The molecular weight excluding hydrogens is 304 g/mol. The molecule has 0 aliphatic carbocycles. The van der Waals surface area contributed by atoms with Gasteiger partial charge in [0.25, 0.3) is 0 Å². The molecule has 0 bridgehead atoms. The summed E-state index contributed by atoms with van der Waals surface area (Å²) in [4.78, 5) is 11.8. The van der Waals surface area contributed by atoms with Crippen LogP contribution in [0.4, 0.5) is 0 Å². The number of hydrogen-bond donors (Lipinski definition) is 0. The summed E-state index contributed by atoms with van der Waals surface area (Å²) in [6.07, 6.45) is 0.522. The van der Waals surface area contributed by atoms with Gasteiger partial charge in [-0.15, -0.1) is 0 Å². The fourth-order valence-electron chi connectivity index (χ4n) is 1.32. The van der Waals surface area contributed by atoms with Gasteiger partial charge < -0.3 is 0 Å². The highest BCUT2D eigenvalue weighted by Gasteiger charge is 2.23. The molecule has 0 aromatic heterocycles. The van der Waals surface area contributed by atoms with Gasteiger partial charge in [-0.1, -0.05) is 35.0 Å². The van der Waals surface area contributed by atoms with Crippen LogP contribution in [0.15, 0.2) is 28.7 Å². The van der Waals surface area contributed by atoms with E-state index in [1.165, 1.54) is 0 Å². The van der Waals surface area contributed by atoms with Crippen molar-refractivity contribution >= 4 is 31.6 Å². The molecule has 0 saturated carbocycles. The number of carbonyl (C=O) groups excluding carboxylic acids is 1. The predicted molar refractivity (Wildman–Crippen MR) is 72.0 cm³/mol. The molecule has 0 aliphatic heterocycles. The Morgan fingerprint density at radius 3 is 2.59 bits per heavy atom. The molecular formula is C12H15BrO3S. The molecule has 0 amide bonds. The maximum atomic E-state index is 11.8. The Labute approximate surface area is 110 Å². The van der Waals surface area contributed by atoms with E-state index in [0.29, 0.717) is 12.0 Å². The SMILES string of the molecule is CCC(C)S(=O)(=O)CC(=O)c1cccc(Br)c1. The Morgan fingerprint density at radius 2 is 2.06 bits per heavy atom. The van der Waals surface area contributed by atoms with Gasteiger partial charge in [0.1, 0.15) is 5.75 Å². The summed E-state index contributed by atoms with van der Waals surface area (Å²) in [5.41, 5.74) is 0.422. The standard InChI is InChI=1S/C12H15BrO3S/c1-3-9(2)17(15,16)8-12(14)10-5-4-6-11(13)7-10/h4-7,9H,3,8H2,1-2H3. The van der Waals surface area contributed by atoms with Gasteiger partial charge in [-0.25, -0.2) is 8.42 Å². The van der Waals surface area contributed by atoms with Gasteiger partial charge in [0.15, 0.2) is 15.6 Å². The smallest absolute Gasteiger partial charge is 0.177 e. The summed E-state index contributed by atoms with van der Waals surface area (Å²) in [6.45, 7) is 3.43. The van der Waals surface area contributed by atoms with E-state index in [4.69, 9.17) is 0 Å². The summed E-state index contributed by atoms with van der Waals surface area (Å²) in [7, 11) is -3.34. The van der Waals surface area contributed by atoms with Gasteiger partial charge in [0, 0.05) is 10.0 Å². The van der Waals surface area contributed by atoms with Crippen molar-refractivity contribution < 1.29 is 13.2 Å². The predicted octanol–water partition coefficient (Wildman–Crippen LogP) is 2.85. The minimum absolute atomic E-state index is 0.355. The van der Waals surface area contributed by atoms with Crippen LogP contribution in [0, 0.1) is 0 Å². The Kier molecular flexibility index (Phi) is 4.89. The maximum absolute atomic E-state index is 11.8. The Morgan fingerprint density at radius 1 is 1.41 bits per heavy atom. The van der Waals surface area contributed by atoms with Crippen LogP contribution in [0.25, 0.3) is 0 Å². The minimum atomic E-state index is -3.34. The third kappa shape index (κ3) is 3.92. The van der Waals surface area contributed by atoms with Crippen molar-refractivity contribution in [3.63, 3.8) is 0 Å². The third-order valence-corrected chi connectivity index (χ3v) is 5.38. The quantitative estimate of drug-likeness (QED) is 0.784. The van der Waals surface area contributed by atoms with E-state index in [1.807, 2.05) is 0 Å². The second kappa shape index (κ2) is 5.78. The summed E-state index contributed by atoms with van der Waals surface area (Å²) >= 11 is 3.25. The van der Waals surface area contributed by atoms with Crippen LogP contribution < -0.4 is 0 Å². The second-order valence-corrected chi connectivity index (χ2v) is 7.29. The number of sulfone groups is 1. The van der Waals surface area contributed by atoms with E-state index in [9.17, 15) is 13.2 Å². The van der Waals surface area contributed by atoms with Gasteiger partial charge in [-0.3, -0.25) is 4.79 Å². The Bertz CT molecular complexity index is 508. The number of halogens is 1.